The molecular formula is C11H11N3O2S. The molecule has 2 rings (SSSR count). The zero-order valence-electron chi connectivity index (χ0n) is 9.10. The van der Waals surface area contributed by atoms with Crippen molar-refractivity contribution in [1.82, 2.24) is 4.98 Å². The molecule has 0 unspecified atom stereocenters. The van der Waals surface area contributed by atoms with Gasteiger partial charge < -0.3 is 10.8 Å². The van der Waals surface area contributed by atoms with Gasteiger partial charge in [-0.25, -0.2) is 4.98 Å². The van der Waals surface area contributed by atoms with Crippen LogP contribution < -0.4 is 11.1 Å². The van der Waals surface area contributed by atoms with E-state index in [4.69, 9.17) is 5.73 Å². The molecule has 4 N–H and O–H groups in total. The standard InChI is InChI=1S/C11H11N3O2S/c1-6-5-17-11(13-6)14-10(16)7-3-2-4-8(12)9(7)15/h2-5,15H,12H2,1H3,(H,13,14,16). The molecule has 1 amide bonds. The van der Waals surface area contributed by atoms with Crippen LogP contribution >= 0.6 is 11.3 Å². The first-order valence-electron chi connectivity index (χ1n) is 4.89. The Labute approximate surface area is 102 Å². The number of carbonyl (C=O) groups excluding carboxylic acids is 1. The van der Waals surface area contributed by atoms with Crippen LogP contribution in [0.2, 0.25) is 0 Å². The Kier molecular flexibility index (Phi) is 2.97. The third-order valence-corrected chi connectivity index (χ3v) is 3.03. The Hall–Kier alpha value is -2.08. The lowest BCUT2D eigenvalue weighted by atomic mass is 10.1. The second kappa shape index (κ2) is 4.42. The van der Waals surface area contributed by atoms with Crippen LogP contribution in [0.3, 0.4) is 0 Å². The Morgan fingerprint density at radius 1 is 1.53 bits per heavy atom. The summed E-state index contributed by atoms with van der Waals surface area (Å²) in [5.41, 5.74) is 6.66. The fourth-order valence-corrected chi connectivity index (χ4v) is 2.00. The number of hydrogen-bond acceptors (Lipinski definition) is 5. The Balaban J connectivity index is 2.23. The van der Waals surface area contributed by atoms with E-state index in [-0.39, 0.29) is 17.0 Å². The van der Waals surface area contributed by atoms with Gasteiger partial charge in [0.2, 0.25) is 0 Å². The molecule has 5 nitrogen and oxygen atoms in total. The van der Waals surface area contributed by atoms with Crippen LogP contribution in [-0.4, -0.2) is 16.0 Å². The molecule has 0 atom stereocenters. The van der Waals surface area contributed by atoms with E-state index in [1.165, 1.54) is 23.5 Å². The molecule has 0 fully saturated rings. The van der Waals surface area contributed by atoms with Gasteiger partial charge in [-0.15, -0.1) is 11.3 Å². The maximum absolute atomic E-state index is 11.8. The number of aryl methyl sites for hydroxylation is 1. The van der Waals surface area contributed by atoms with Gasteiger partial charge in [-0.3, -0.25) is 10.1 Å². The van der Waals surface area contributed by atoms with Crippen LogP contribution in [0.4, 0.5) is 10.8 Å². The molecule has 1 aromatic carbocycles. The molecule has 0 aliphatic rings. The molecule has 0 aliphatic heterocycles. The number of phenols is 1. The largest absolute Gasteiger partial charge is 0.505 e. The van der Waals surface area contributed by atoms with E-state index in [1.807, 2.05) is 12.3 Å². The summed E-state index contributed by atoms with van der Waals surface area (Å²) in [7, 11) is 0. The van der Waals surface area contributed by atoms with Crippen molar-refractivity contribution < 1.29 is 9.90 Å². The highest BCUT2D eigenvalue weighted by Crippen LogP contribution is 2.25. The third-order valence-electron chi connectivity index (χ3n) is 2.15. The number of phenolic OH excluding ortho intramolecular Hbond substituents is 1. The van der Waals surface area contributed by atoms with Crippen molar-refractivity contribution in [3.8, 4) is 5.75 Å². The number of amides is 1. The van der Waals surface area contributed by atoms with Crippen LogP contribution in [-0.2, 0) is 0 Å². The summed E-state index contributed by atoms with van der Waals surface area (Å²) >= 11 is 1.33. The lowest BCUT2D eigenvalue weighted by Crippen LogP contribution is -2.12. The van der Waals surface area contributed by atoms with Gasteiger partial charge in [-0.1, -0.05) is 6.07 Å². The molecule has 1 aromatic heterocycles. The zero-order chi connectivity index (χ0) is 12.4. The third kappa shape index (κ3) is 2.36. The maximum atomic E-state index is 11.8. The molecule has 1 heterocycles. The quantitative estimate of drug-likeness (QED) is 0.561. The van der Waals surface area contributed by atoms with Gasteiger partial charge in [-0.05, 0) is 19.1 Å². The second-order valence-corrected chi connectivity index (χ2v) is 4.35. The number of anilines is 2. The predicted octanol–water partition coefficient (Wildman–Crippen LogP) is 1.99. The fraction of sp³-hybridized carbons (Fsp3) is 0.0909. The number of aromatic nitrogens is 1. The van der Waals surface area contributed by atoms with Crippen molar-refractivity contribution in [2.75, 3.05) is 11.1 Å². The fourth-order valence-electron chi connectivity index (χ4n) is 1.32. The first-order chi connectivity index (χ1) is 8.08. The number of rotatable bonds is 2. The van der Waals surface area contributed by atoms with E-state index in [0.29, 0.717) is 5.13 Å². The minimum Gasteiger partial charge on any atom is -0.505 e. The average molecular weight is 249 g/mol. The lowest BCUT2D eigenvalue weighted by Gasteiger charge is -2.05. The number of nitrogens with two attached hydrogens (primary N) is 1. The van der Waals surface area contributed by atoms with E-state index >= 15 is 0 Å². The number of carbonyl (C=O) groups is 1. The summed E-state index contributed by atoms with van der Waals surface area (Å²) in [5.74, 6) is -0.637. The molecular weight excluding hydrogens is 238 g/mol. The highest BCUT2D eigenvalue weighted by atomic mass is 32.1. The Morgan fingerprint density at radius 3 is 2.94 bits per heavy atom. The molecule has 88 valence electrons. The van der Waals surface area contributed by atoms with Crippen LogP contribution in [0.1, 0.15) is 16.1 Å². The zero-order valence-corrected chi connectivity index (χ0v) is 9.91. The van der Waals surface area contributed by atoms with E-state index in [2.05, 4.69) is 10.3 Å². The summed E-state index contributed by atoms with van der Waals surface area (Å²) < 4.78 is 0. The molecule has 0 saturated carbocycles. The van der Waals surface area contributed by atoms with Gasteiger partial charge >= 0.3 is 0 Å². The van der Waals surface area contributed by atoms with Gasteiger partial charge in [0.1, 0.15) is 0 Å². The lowest BCUT2D eigenvalue weighted by molar-refractivity contribution is 0.102. The van der Waals surface area contributed by atoms with Gasteiger partial charge in [0.25, 0.3) is 5.91 Å². The summed E-state index contributed by atoms with van der Waals surface area (Å²) in [6.45, 7) is 1.84. The molecule has 0 spiro atoms. The number of thiazole rings is 1. The molecule has 0 bridgehead atoms. The van der Waals surface area contributed by atoms with E-state index in [1.54, 1.807) is 6.07 Å². The average Bonchev–Trinajstić information content (AvgIpc) is 2.68. The minimum absolute atomic E-state index is 0.137. The molecule has 2 aromatic rings. The highest BCUT2D eigenvalue weighted by molar-refractivity contribution is 7.13. The van der Waals surface area contributed by atoms with Crippen molar-refractivity contribution in [3.05, 3.63) is 34.8 Å². The number of nitrogen functional groups attached to an aromatic ring is 1. The van der Waals surface area contributed by atoms with Crippen molar-refractivity contribution in [3.63, 3.8) is 0 Å². The Bertz CT molecular complexity index is 566. The van der Waals surface area contributed by atoms with E-state index < -0.39 is 5.91 Å². The summed E-state index contributed by atoms with van der Waals surface area (Å²) in [6.07, 6.45) is 0. The highest BCUT2D eigenvalue weighted by Gasteiger charge is 2.14. The van der Waals surface area contributed by atoms with Crippen LogP contribution in [0, 0.1) is 6.92 Å². The number of nitrogens with one attached hydrogen (secondary N) is 1. The first-order valence-corrected chi connectivity index (χ1v) is 5.77. The summed E-state index contributed by atoms with van der Waals surface area (Å²) in [4.78, 5) is 15.9. The van der Waals surface area contributed by atoms with Crippen molar-refractivity contribution in [1.29, 1.82) is 0 Å². The van der Waals surface area contributed by atoms with Gasteiger partial charge in [0, 0.05) is 5.38 Å². The van der Waals surface area contributed by atoms with E-state index in [9.17, 15) is 9.90 Å². The first kappa shape index (κ1) is 11.4. The summed E-state index contributed by atoms with van der Waals surface area (Å²) in [6, 6.07) is 4.64. The van der Waals surface area contributed by atoms with Crippen LogP contribution in [0.15, 0.2) is 23.6 Å². The number of para-hydroxylation sites is 1. The van der Waals surface area contributed by atoms with Gasteiger partial charge in [0.05, 0.1) is 16.9 Å². The molecule has 6 heteroatoms. The van der Waals surface area contributed by atoms with Crippen LogP contribution in [0.25, 0.3) is 0 Å². The van der Waals surface area contributed by atoms with Crippen LogP contribution in [0.5, 0.6) is 5.75 Å². The predicted molar refractivity (Wildman–Crippen MR) is 67.3 cm³/mol. The number of hydrogen-bond donors (Lipinski definition) is 3. The normalized spacial score (nSPS) is 10.2. The second-order valence-electron chi connectivity index (χ2n) is 3.49. The van der Waals surface area contributed by atoms with Crippen molar-refractivity contribution >= 4 is 28.1 Å². The molecule has 0 aliphatic carbocycles. The maximum Gasteiger partial charge on any atom is 0.261 e. The van der Waals surface area contributed by atoms with Gasteiger partial charge in [-0.2, -0.15) is 0 Å². The topological polar surface area (TPSA) is 88.2 Å². The van der Waals surface area contributed by atoms with E-state index in [0.717, 1.165) is 5.69 Å². The number of benzene rings is 1. The monoisotopic (exact) mass is 249 g/mol. The molecule has 0 saturated heterocycles. The minimum atomic E-state index is -0.427. The number of nitrogens with zero attached hydrogens (tertiary/aromatic N) is 1. The summed E-state index contributed by atoms with van der Waals surface area (Å²) in [5, 5.41) is 14.6. The SMILES string of the molecule is Cc1csc(NC(=O)c2cccc(N)c2O)n1. The number of aromatic hydroxyl groups is 1. The molecule has 17 heavy (non-hydrogen) atoms. The van der Waals surface area contributed by atoms with Crippen molar-refractivity contribution in [2.45, 2.75) is 6.92 Å². The van der Waals surface area contributed by atoms with Crippen molar-refractivity contribution in [2.24, 2.45) is 0 Å². The van der Waals surface area contributed by atoms with Gasteiger partial charge in [0.15, 0.2) is 10.9 Å². The Morgan fingerprint density at radius 2 is 2.29 bits per heavy atom. The molecule has 0 radical (unpaired) electrons. The smallest absolute Gasteiger partial charge is 0.261 e.